The van der Waals surface area contributed by atoms with Gasteiger partial charge in [0, 0.05) is 42.9 Å². The average Bonchev–Trinajstić information content (AvgIpc) is 3.23. The van der Waals surface area contributed by atoms with E-state index in [0.717, 1.165) is 49.2 Å². The SMILES string of the molecule is O=C(C1CCCC1)N1CCC[C@H](c2nccnc2-c2ccc(F)cc2)C1. The Balaban J connectivity index is 1.57. The minimum atomic E-state index is -0.259. The van der Waals surface area contributed by atoms with Gasteiger partial charge in [0.1, 0.15) is 5.82 Å². The normalized spacial score (nSPS) is 21.1. The summed E-state index contributed by atoms with van der Waals surface area (Å²) < 4.78 is 13.3. The molecule has 0 bridgehead atoms. The second kappa shape index (κ2) is 7.52. The Kier molecular flexibility index (Phi) is 4.96. The number of aromatic nitrogens is 2. The maximum atomic E-state index is 13.3. The van der Waals surface area contributed by atoms with Crippen LogP contribution in [-0.2, 0) is 4.79 Å². The molecule has 4 rings (SSSR count). The molecule has 0 spiro atoms. The zero-order chi connectivity index (χ0) is 17.9. The maximum absolute atomic E-state index is 13.3. The second-order valence-electron chi connectivity index (χ2n) is 7.40. The summed E-state index contributed by atoms with van der Waals surface area (Å²) in [6.45, 7) is 1.56. The maximum Gasteiger partial charge on any atom is 0.225 e. The minimum Gasteiger partial charge on any atom is -0.342 e. The highest BCUT2D eigenvalue weighted by molar-refractivity contribution is 5.79. The molecule has 26 heavy (non-hydrogen) atoms. The average molecular weight is 353 g/mol. The zero-order valence-corrected chi connectivity index (χ0v) is 14.9. The van der Waals surface area contributed by atoms with Crippen LogP contribution in [0, 0.1) is 11.7 Å². The second-order valence-corrected chi connectivity index (χ2v) is 7.40. The molecule has 1 aromatic heterocycles. The molecule has 1 aliphatic carbocycles. The van der Waals surface area contributed by atoms with Crippen molar-refractivity contribution < 1.29 is 9.18 Å². The Labute approximate surface area is 153 Å². The van der Waals surface area contributed by atoms with Crippen molar-refractivity contribution in [2.24, 2.45) is 5.92 Å². The van der Waals surface area contributed by atoms with E-state index in [1.165, 1.54) is 25.0 Å². The predicted octanol–water partition coefficient (Wildman–Crippen LogP) is 4.18. The van der Waals surface area contributed by atoms with Crippen LogP contribution in [0.1, 0.15) is 50.1 Å². The van der Waals surface area contributed by atoms with Crippen LogP contribution in [0.25, 0.3) is 11.3 Å². The summed E-state index contributed by atoms with van der Waals surface area (Å²) in [5.41, 5.74) is 2.59. The fourth-order valence-electron chi connectivity index (χ4n) is 4.31. The molecule has 0 radical (unpaired) electrons. The molecule has 2 aromatic rings. The molecule has 1 aliphatic heterocycles. The lowest BCUT2D eigenvalue weighted by atomic mass is 9.90. The van der Waals surface area contributed by atoms with Gasteiger partial charge in [0.2, 0.25) is 5.91 Å². The molecule has 1 saturated heterocycles. The number of benzene rings is 1. The molecule has 0 N–H and O–H groups in total. The number of halogens is 1. The third-order valence-corrected chi connectivity index (χ3v) is 5.67. The van der Waals surface area contributed by atoms with Crippen LogP contribution in [-0.4, -0.2) is 33.9 Å². The first kappa shape index (κ1) is 17.1. The summed E-state index contributed by atoms with van der Waals surface area (Å²) in [5, 5.41) is 0. The summed E-state index contributed by atoms with van der Waals surface area (Å²) in [6, 6.07) is 6.38. The molecule has 1 atom stereocenters. The summed E-state index contributed by atoms with van der Waals surface area (Å²) >= 11 is 0. The largest absolute Gasteiger partial charge is 0.342 e. The number of rotatable bonds is 3. The molecule has 2 aliphatic rings. The van der Waals surface area contributed by atoms with Crippen LogP contribution in [0.3, 0.4) is 0 Å². The molecule has 4 nitrogen and oxygen atoms in total. The monoisotopic (exact) mass is 353 g/mol. The van der Waals surface area contributed by atoms with E-state index in [0.29, 0.717) is 12.5 Å². The van der Waals surface area contributed by atoms with Gasteiger partial charge in [0.05, 0.1) is 11.4 Å². The third-order valence-electron chi connectivity index (χ3n) is 5.67. The highest BCUT2D eigenvalue weighted by Gasteiger charge is 2.32. The molecule has 0 unspecified atom stereocenters. The van der Waals surface area contributed by atoms with Crippen molar-refractivity contribution in [1.29, 1.82) is 0 Å². The van der Waals surface area contributed by atoms with E-state index in [-0.39, 0.29) is 17.7 Å². The lowest BCUT2D eigenvalue weighted by Crippen LogP contribution is -2.42. The Morgan fingerprint density at radius 2 is 1.73 bits per heavy atom. The Hall–Kier alpha value is -2.30. The van der Waals surface area contributed by atoms with Gasteiger partial charge in [-0.1, -0.05) is 12.8 Å². The van der Waals surface area contributed by atoms with Crippen LogP contribution in [0.5, 0.6) is 0 Å². The molecule has 2 heterocycles. The van der Waals surface area contributed by atoms with E-state index in [1.54, 1.807) is 24.5 Å². The van der Waals surface area contributed by atoms with Crippen molar-refractivity contribution >= 4 is 5.91 Å². The smallest absolute Gasteiger partial charge is 0.225 e. The van der Waals surface area contributed by atoms with Crippen LogP contribution in [0.15, 0.2) is 36.7 Å². The van der Waals surface area contributed by atoms with Gasteiger partial charge in [0.15, 0.2) is 0 Å². The number of amides is 1. The zero-order valence-electron chi connectivity index (χ0n) is 14.9. The van der Waals surface area contributed by atoms with Crippen LogP contribution in [0.2, 0.25) is 0 Å². The number of carbonyl (C=O) groups is 1. The van der Waals surface area contributed by atoms with Gasteiger partial charge in [0.25, 0.3) is 0 Å². The quantitative estimate of drug-likeness (QED) is 0.832. The standard InChI is InChI=1S/C21H24FN3O/c22-18-9-7-15(8-10-18)19-20(24-12-11-23-19)17-6-3-13-25(14-17)21(26)16-4-1-2-5-16/h7-12,16-17H,1-6,13-14H2/t17-/m0/s1. The third kappa shape index (κ3) is 3.48. The summed E-state index contributed by atoms with van der Waals surface area (Å²) in [5.74, 6) is 0.458. The van der Waals surface area contributed by atoms with E-state index in [4.69, 9.17) is 0 Å². The molecule has 1 amide bonds. The van der Waals surface area contributed by atoms with Gasteiger partial charge in [-0.15, -0.1) is 0 Å². The van der Waals surface area contributed by atoms with Crippen molar-refractivity contribution in [3.8, 4) is 11.3 Å². The molecular formula is C21H24FN3O. The van der Waals surface area contributed by atoms with Crippen molar-refractivity contribution in [1.82, 2.24) is 14.9 Å². The number of hydrogen-bond acceptors (Lipinski definition) is 3. The lowest BCUT2D eigenvalue weighted by Gasteiger charge is -2.34. The lowest BCUT2D eigenvalue weighted by molar-refractivity contribution is -0.136. The molecule has 5 heteroatoms. The Morgan fingerprint density at radius 1 is 1.00 bits per heavy atom. The fraction of sp³-hybridized carbons (Fsp3) is 0.476. The van der Waals surface area contributed by atoms with E-state index in [9.17, 15) is 9.18 Å². The number of hydrogen-bond donors (Lipinski definition) is 0. The Morgan fingerprint density at radius 3 is 2.50 bits per heavy atom. The van der Waals surface area contributed by atoms with Crippen molar-refractivity contribution in [3.63, 3.8) is 0 Å². The van der Waals surface area contributed by atoms with E-state index >= 15 is 0 Å². The molecule has 136 valence electrons. The number of carbonyl (C=O) groups excluding carboxylic acids is 1. The van der Waals surface area contributed by atoms with Gasteiger partial charge in [-0.2, -0.15) is 0 Å². The van der Waals surface area contributed by atoms with E-state index < -0.39 is 0 Å². The van der Waals surface area contributed by atoms with Crippen LogP contribution >= 0.6 is 0 Å². The fourth-order valence-corrected chi connectivity index (χ4v) is 4.31. The minimum absolute atomic E-state index is 0.183. The van der Waals surface area contributed by atoms with Crippen LogP contribution < -0.4 is 0 Å². The van der Waals surface area contributed by atoms with Gasteiger partial charge < -0.3 is 4.90 Å². The van der Waals surface area contributed by atoms with Gasteiger partial charge in [-0.25, -0.2) is 4.39 Å². The topological polar surface area (TPSA) is 46.1 Å². The van der Waals surface area contributed by atoms with Crippen molar-refractivity contribution in [2.45, 2.75) is 44.4 Å². The summed E-state index contributed by atoms with van der Waals surface area (Å²) in [7, 11) is 0. The highest BCUT2D eigenvalue weighted by atomic mass is 19.1. The summed E-state index contributed by atoms with van der Waals surface area (Å²) in [6.07, 6.45) is 9.79. The molecule has 1 saturated carbocycles. The van der Waals surface area contributed by atoms with Gasteiger partial charge in [-0.05, 0) is 49.9 Å². The highest BCUT2D eigenvalue weighted by Crippen LogP contribution is 2.34. The van der Waals surface area contributed by atoms with E-state index in [2.05, 4.69) is 9.97 Å². The first-order valence-corrected chi connectivity index (χ1v) is 9.58. The van der Waals surface area contributed by atoms with Crippen molar-refractivity contribution in [3.05, 3.63) is 48.2 Å². The Bertz CT molecular complexity index is 771. The molecule has 2 fully saturated rings. The molecular weight excluding hydrogens is 329 g/mol. The first-order valence-electron chi connectivity index (χ1n) is 9.58. The van der Waals surface area contributed by atoms with Crippen molar-refractivity contribution in [2.75, 3.05) is 13.1 Å². The molecule has 1 aromatic carbocycles. The number of nitrogens with zero attached hydrogens (tertiary/aromatic N) is 3. The van der Waals surface area contributed by atoms with Gasteiger partial charge in [-0.3, -0.25) is 14.8 Å². The first-order chi connectivity index (χ1) is 12.7. The number of likely N-dealkylation sites (tertiary alicyclic amines) is 1. The van der Waals surface area contributed by atoms with Crippen LogP contribution in [0.4, 0.5) is 4.39 Å². The van der Waals surface area contributed by atoms with Gasteiger partial charge >= 0.3 is 0 Å². The number of piperidine rings is 1. The van der Waals surface area contributed by atoms with E-state index in [1.807, 2.05) is 4.90 Å². The predicted molar refractivity (Wildman–Crippen MR) is 97.9 cm³/mol. The summed E-state index contributed by atoms with van der Waals surface area (Å²) in [4.78, 5) is 24.0.